The fourth-order valence-corrected chi connectivity index (χ4v) is 6.27. The summed E-state index contributed by atoms with van der Waals surface area (Å²) in [6.45, 7) is 29.9. The average Bonchev–Trinajstić information content (AvgIpc) is 3.07. The van der Waals surface area contributed by atoms with E-state index in [4.69, 9.17) is 33.2 Å². The van der Waals surface area contributed by atoms with E-state index in [0.29, 0.717) is 97.6 Å². The van der Waals surface area contributed by atoms with Gasteiger partial charge < -0.3 is 33.2 Å². The molecule has 0 saturated carbocycles. The Morgan fingerprint density at radius 2 is 0.883 bits per heavy atom. The predicted molar refractivity (Wildman–Crippen MR) is 231 cm³/mol. The third-order valence-electron chi connectivity index (χ3n) is 8.73. The first-order chi connectivity index (χ1) is 27.8. The first kappa shape index (κ1) is 52.8. The molecule has 0 spiro atoms. The second-order valence-corrected chi connectivity index (χ2v) is 19.2. The minimum absolute atomic E-state index is 0.0201. The van der Waals surface area contributed by atoms with Crippen molar-refractivity contribution in [1.29, 1.82) is 0 Å². The SMILES string of the molecule is CCOCCOCCOc1ccc(C[C@H](C(=O)OC(C)(C)C)N2CCN(CC(=O)OC(C)(C)C)CCN(CC(=O)OC(C)(C)C)CCN(CC(=O)OC(C)(C)C)CC2)cc1. The lowest BCUT2D eigenvalue weighted by molar-refractivity contribution is -0.163. The van der Waals surface area contributed by atoms with Crippen LogP contribution in [-0.2, 0) is 54.0 Å². The van der Waals surface area contributed by atoms with Crippen LogP contribution >= 0.6 is 0 Å². The summed E-state index contributed by atoms with van der Waals surface area (Å²) in [5.41, 5.74) is -1.83. The van der Waals surface area contributed by atoms with Crippen LogP contribution in [0.15, 0.2) is 24.3 Å². The minimum atomic E-state index is -0.743. The Kier molecular flexibility index (Phi) is 21.9. The molecule has 15 nitrogen and oxygen atoms in total. The van der Waals surface area contributed by atoms with Gasteiger partial charge in [-0.05, 0) is 114 Å². The standard InChI is InChI=1S/C45H78N4O11/c1-14-54-27-28-55-29-30-56-36-17-15-35(16-18-36)31-37(41(53)60-45(11,12)13)49-25-23-47(33-39(51)58-43(5,6)7)21-19-46(32-38(50)57-42(2,3)4)20-22-48(24-26-49)34-40(52)59-44(8,9)10/h15-18,37H,14,19-34H2,1-13H3/t37-/m1/s1. The molecule has 1 heterocycles. The molecule has 0 aliphatic carbocycles. The highest BCUT2D eigenvalue weighted by Crippen LogP contribution is 2.20. The van der Waals surface area contributed by atoms with Crippen LogP contribution in [0.25, 0.3) is 0 Å². The van der Waals surface area contributed by atoms with Gasteiger partial charge in [0.15, 0.2) is 0 Å². The summed E-state index contributed by atoms with van der Waals surface area (Å²) in [6.07, 6.45) is 0.345. The molecular weight excluding hydrogens is 773 g/mol. The van der Waals surface area contributed by atoms with E-state index >= 15 is 0 Å². The molecular formula is C45H78N4O11. The minimum Gasteiger partial charge on any atom is -0.491 e. The number of hydrogen-bond donors (Lipinski definition) is 0. The Morgan fingerprint density at radius 3 is 1.27 bits per heavy atom. The van der Waals surface area contributed by atoms with Gasteiger partial charge in [0.2, 0.25) is 0 Å². The zero-order valence-corrected chi connectivity index (χ0v) is 39.2. The van der Waals surface area contributed by atoms with Gasteiger partial charge in [-0.3, -0.25) is 38.8 Å². The maximum absolute atomic E-state index is 14.2. The smallest absolute Gasteiger partial charge is 0.324 e. The van der Waals surface area contributed by atoms with Crippen LogP contribution in [0.1, 0.15) is 95.6 Å². The van der Waals surface area contributed by atoms with E-state index in [-0.39, 0.29) is 43.5 Å². The van der Waals surface area contributed by atoms with Crippen LogP contribution < -0.4 is 4.74 Å². The summed E-state index contributed by atoms with van der Waals surface area (Å²) >= 11 is 0. The van der Waals surface area contributed by atoms with Gasteiger partial charge in [-0.15, -0.1) is 0 Å². The van der Waals surface area contributed by atoms with E-state index in [0.717, 1.165) is 5.56 Å². The van der Waals surface area contributed by atoms with Crippen LogP contribution in [0, 0.1) is 0 Å². The largest absolute Gasteiger partial charge is 0.491 e. The van der Waals surface area contributed by atoms with Crippen molar-refractivity contribution in [3.8, 4) is 5.75 Å². The number of ether oxygens (including phenoxy) is 7. The molecule has 1 aliphatic rings. The van der Waals surface area contributed by atoms with Crippen molar-refractivity contribution in [1.82, 2.24) is 19.6 Å². The molecule has 15 heteroatoms. The molecule has 0 radical (unpaired) electrons. The molecule has 1 aliphatic heterocycles. The monoisotopic (exact) mass is 851 g/mol. The topological polar surface area (TPSA) is 146 Å². The number of esters is 4. The van der Waals surface area contributed by atoms with Gasteiger partial charge >= 0.3 is 23.9 Å². The fourth-order valence-electron chi connectivity index (χ4n) is 6.27. The van der Waals surface area contributed by atoms with E-state index in [9.17, 15) is 19.2 Å². The Balaban J connectivity index is 2.47. The lowest BCUT2D eigenvalue weighted by atomic mass is 10.0. The van der Waals surface area contributed by atoms with Crippen molar-refractivity contribution < 1.29 is 52.3 Å². The molecule has 1 aromatic rings. The summed E-state index contributed by atoms with van der Waals surface area (Å²) < 4.78 is 39.9. The van der Waals surface area contributed by atoms with Gasteiger partial charge in [0.05, 0.1) is 39.5 Å². The number of carbonyl (C=O) groups excluding carboxylic acids is 4. The van der Waals surface area contributed by atoms with E-state index in [2.05, 4.69) is 4.90 Å². The van der Waals surface area contributed by atoms with Crippen LogP contribution in [0.4, 0.5) is 0 Å². The summed E-state index contributed by atoms with van der Waals surface area (Å²) in [4.78, 5) is 61.8. The van der Waals surface area contributed by atoms with Gasteiger partial charge in [-0.2, -0.15) is 0 Å². The summed E-state index contributed by atoms with van der Waals surface area (Å²) in [6, 6.07) is 6.95. The second-order valence-electron chi connectivity index (χ2n) is 19.2. The van der Waals surface area contributed by atoms with Crippen molar-refractivity contribution in [2.24, 2.45) is 0 Å². The lowest BCUT2D eigenvalue weighted by Crippen LogP contribution is -2.53. The second kappa shape index (κ2) is 24.9. The predicted octanol–water partition coefficient (Wildman–Crippen LogP) is 4.62. The van der Waals surface area contributed by atoms with Crippen LogP contribution in [0.5, 0.6) is 5.75 Å². The highest BCUT2D eigenvalue weighted by molar-refractivity contribution is 5.77. The van der Waals surface area contributed by atoms with Crippen molar-refractivity contribution in [2.75, 3.05) is 105 Å². The van der Waals surface area contributed by atoms with Gasteiger partial charge in [0.1, 0.15) is 40.8 Å². The average molecular weight is 851 g/mol. The third kappa shape index (κ3) is 24.8. The van der Waals surface area contributed by atoms with Crippen LogP contribution in [-0.4, -0.2) is 177 Å². The number of nitrogens with zero attached hydrogens (tertiary/aromatic N) is 4. The van der Waals surface area contributed by atoms with Crippen LogP contribution in [0.3, 0.4) is 0 Å². The molecule has 2 rings (SSSR count). The molecule has 0 N–H and O–H groups in total. The van der Waals surface area contributed by atoms with Crippen molar-refractivity contribution in [3.05, 3.63) is 29.8 Å². The zero-order valence-electron chi connectivity index (χ0n) is 39.2. The molecule has 1 aromatic carbocycles. The maximum atomic E-state index is 14.2. The molecule has 0 unspecified atom stereocenters. The van der Waals surface area contributed by atoms with Crippen molar-refractivity contribution in [2.45, 2.75) is 125 Å². The van der Waals surface area contributed by atoms with Crippen molar-refractivity contribution >= 4 is 23.9 Å². The maximum Gasteiger partial charge on any atom is 0.324 e. The Hall–Kier alpha value is -3.34. The molecule has 60 heavy (non-hydrogen) atoms. The van der Waals surface area contributed by atoms with Gasteiger partial charge in [0, 0.05) is 59.0 Å². The Bertz CT molecular complexity index is 1400. The lowest BCUT2D eigenvalue weighted by Gasteiger charge is -2.37. The van der Waals surface area contributed by atoms with E-state index in [1.165, 1.54) is 0 Å². The number of benzene rings is 1. The third-order valence-corrected chi connectivity index (χ3v) is 8.73. The summed E-state index contributed by atoms with van der Waals surface area (Å²) in [7, 11) is 0. The van der Waals surface area contributed by atoms with Crippen LogP contribution in [0.2, 0.25) is 0 Å². The first-order valence-electron chi connectivity index (χ1n) is 21.5. The van der Waals surface area contributed by atoms with Gasteiger partial charge in [-0.25, -0.2) is 0 Å². The quantitative estimate of drug-likeness (QED) is 0.115. The van der Waals surface area contributed by atoms with E-state index in [1.54, 1.807) is 0 Å². The Morgan fingerprint density at radius 1 is 0.517 bits per heavy atom. The van der Waals surface area contributed by atoms with Crippen molar-refractivity contribution in [3.63, 3.8) is 0 Å². The number of carbonyl (C=O) groups is 4. The van der Waals surface area contributed by atoms with Gasteiger partial charge in [0.25, 0.3) is 0 Å². The summed E-state index contributed by atoms with van der Waals surface area (Å²) in [5, 5.41) is 0. The highest BCUT2D eigenvalue weighted by atomic mass is 16.6. The highest BCUT2D eigenvalue weighted by Gasteiger charge is 2.33. The molecule has 1 fully saturated rings. The van der Waals surface area contributed by atoms with E-state index < -0.39 is 28.4 Å². The number of hydrogen-bond acceptors (Lipinski definition) is 15. The normalized spacial score (nSPS) is 16.9. The molecule has 1 saturated heterocycles. The Labute approximate surface area is 360 Å². The van der Waals surface area contributed by atoms with Gasteiger partial charge in [-0.1, -0.05) is 12.1 Å². The fraction of sp³-hybridized carbons (Fsp3) is 0.778. The zero-order chi connectivity index (χ0) is 45.1. The molecule has 344 valence electrons. The molecule has 0 amide bonds. The number of rotatable bonds is 18. The molecule has 1 atom stereocenters. The first-order valence-corrected chi connectivity index (χ1v) is 21.5. The summed E-state index contributed by atoms with van der Waals surface area (Å²) in [5.74, 6) is -0.790. The molecule has 0 aromatic heterocycles. The van der Waals surface area contributed by atoms with E-state index in [1.807, 2.05) is 129 Å². The molecule has 0 bridgehead atoms.